The minimum absolute atomic E-state index is 0.106. The van der Waals surface area contributed by atoms with Crippen molar-refractivity contribution in [2.24, 2.45) is 0 Å². The topological polar surface area (TPSA) is 44.3 Å². The predicted molar refractivity (Wildman–Crippen MR) is 172 cm³/mol. The molecule has 0 bridgehead atoms. The molecule has 0 amide bonds. The number of hydrogen-bond donors (Lipinski definition) is 0. The maximum atomic E-state index is 9.23. The Morgan fingerprint density at radius 2 is 1.71 bits per heavy atom. The van der Waals surface area contributed by atoms with Gasteiger partial charge in [0, 0.05) is 31.9 Å². The Bertz CT molecular complexity index is 2100. The number of thiophene rings is 2. The van der Waals surface area contributed by atoms with Crippen LogP contribution >= 0.6 is 22.7 Å². The number of nitriles is 1. The number of aromatic nitrogens is 1. The number of allylic oxidation sites excluding steroid dienone is 1. The van der Waals surface area contributed by atoms with Crippen LogP contribution in [0.5, 0.6) is 0 Å². The van der Waals surface area contributed by atoms with Crippen molar-refractivity contribution < 1.29 is 0 Å². The van der Waals surface area contributed by atoms with Crippen LogP contribution in [0.3, 0.4) is 0 Å². The Labute approximate surface area is 246 Å². The summed E-state index contributed by atoms with van der Waals surface area (Å²) in [6, 6.07) is 30.1. The number of benzene rings is 3. The molecule has 0 saturated heterocycles. The smallest absolute Gasteiger partial charge is 0.263 e. The molecule has 0 fully saturated rings. The molecule has 6 heteroatoms. The molecule has 0 saturated carbocycles. The van der Waals surface area contributed by atoms with Gasteiger partial charge >= 0.3 is 0 Å². The Balaban J connectivity index is 1.37. The second-order valence-corrected chi connectivity index (χ2v) is 13.0. The molecule has 0 N–H and O–H groups in total. The van der Waals surface area contributed by atoms with Gasteiger partial charge in [0.25, 0.3) is 5.70 Å². The van der Waals surface area contributed by atoms with Crippen molar-refractivity contribution in [2.45, 2.75) is 26.2 Å². The van der Waals surface area contributed by atoms with E-state index in [2.05, 4.69) is 109 Å². The summed E-state index contributed by atoms with van der Waals surface area (Å²) in [4.78, 5) is 12.9. The number of fused-ring (bicyclic) bond motifs is 6. The van der Waals surface area contributed by atoms with Crippen molar-refractivity contribution in [3.63, 3.8) is 0 Å². The van der Waals surface area contributed by atoms with Gasteiger partial charge in [-0.05, 0) is 65.7 Å². The molecule has 0 spiro atoms. The lowest BCUT2D eigenvalue weighted by atomic mass is 9.83. The normalized spacial score (nSPS) is 13.5. The first-order valence-corrected chi connectivity index (χ1v) is 14.9. The van der Waals surface area contributed by atoms with E-state index in [1.54, 1.807) is 28.7 Å². The van der Waals surface area contributed by atoms with E-state index in [4.69, 9.17) is 11.6 Å². The van der Waals surface area contributed by atoms with Gasteiger partial charge in [0.15, 0.2) is 0 Å². The third-order valence-corrected chi connectivity index (χ3v) is 10.2. The summed E-state index contributed by atoms with van der Waals surface area (Å²) in [7, 11) is 0. The Morgan fingerprint density at radius 1 is 0.951 bits per heavy atom. The summed E-state index contributed by atoms with van der Waals surface area (Å²) in [5.41, 5.74) is 7.81. The fourth-order valence-corrected chi connectivity index (χ4v) is 8.67. The van der Waals surface area contributed by atoms with E-state index in [9.17, 15) is 5.26 Å². The molecule has 41 heavy (non-hydrogen) atoms. The lowest BCUT2D eigenvalue weighted by molar-refractivity contribution is 0.666. The van der Waals surface area contributed by atoms with Crippen LogP contribution in [0, 0.1) is 24.8 Å². The van der Waals surface area contributed by atoms with Crippen molar-refractivity contribution in [3.05, 3.63) is 124 Å². The van der Waals surface area contributed by atoms with Crippen LogP contribution in [0.4, 0.5) is 17.1 Å². The van der Waals surface area contributed by atoms with Gasteiger partial charge in [0.2, 0.25) is 0 Å². The summed E-state index contributed by atoms with van der Waals surface area (Å²) < 4.78 is 2.39. The number of pyridine rings is 1. The fourth-order valence-electron chi connectivity index (χ4n) is 5.76. The third kappa shape index (κ3) is 4.04. The van der Waals surface area contributed by atoms with Gasteiger partial charge in [-0.1, -0.05) is 61.9 Å². The molecule has 196 valence electrons. The van der Waals surface area contributed by atoms with Gasteiger partial charge in [0.05, 0.1) is 39.8 Å². The average Bonchev–Trinajstić information content (AvgIpc) is 3.60. The molecule has 6 aromatic rings. The SMILES string of the molecule is [C-]#[N+]/C(C#N)=C\c1cc2sc3c(c2s1)C(C)(C)c1cc(N(c2ccc(C)cc2)c2ccc4ccccc4c2)cnc1-3. The van der Waals surface area contributed by atoms with Gasteiger partial charge in [-0.3, -0.25) is 4.98 Å². The van der Waals surface area contributed by atoms with Gasteiger partial charge < -0.3 is 4.90 Å². The first-order valence-electron chi connectivity index (χ1n) is 13.3. The minimum Gasteiger partial charge on any atom is -0.309 e. The van der Waals surface area contributed by atoms with Crippen molar-refractivity contribution in [3.8, 4) is 16.6 Å². The second kappa shape index (κ2) is 9.42. The molecule has 3 aromatic carbocycles. The minimum atomic E-state index is -0.252. The Hall–Kier alpha value is -4.75. The molecule has 3 heterocycles. The van der Waals surface area contributed by atoms with Crippen molar-refractivity contribution in [2.75, 3.05) is 4.90 Å². The van der Waals surface area contributed by atoms with Crippen LogP contribution in [0.2, 0.25) is 0 Å². The van der Waals surface area contributed by atoms with E-state index in [1.807, 2.05) is 12.3 Å². The van der Waals surface area contributed by atoms with Gasteiger partial charge in [-0.15, -0.1) is 22.7 Å². The molecule has 4 nitrogen and oxygen atoms in total. The highest BCUT2D eigenvalue weighted by atomic mass is 32.1. The molecule has 0 atom stereocenters. The third-order valence-electron chi connectivity index (χ3n) is 7.83. The highest BCUT2D eigenvalue weighted by Gasteiger charge is 2.41. The molecule has 1 aliphatic carbocycles. The summed E-state index contributed by atoms with van der Waals surface area (Å²) in [6.45, 7) is 13.9. The predicted octanol–water partition coefficient (Wildman–Crippen LogP) is 10.4. The molecule has 0 radical (unpaired) electrons. The van der Waals surface area contributed by atoms with E-state index >= 15 is 0 Å². The number of aryl methyl sites for hydroxylation is 1. The molecule has 3 aromatic heterocycles. The molecule has 0 aliphatic heterocycles. The van der Waals surface area contributed by atoms with Crippen molar-refractivity contribution in [1.82, 2.24) is 4.98 Å². The number of nitrogens with zero attached hydrogens (tertiary/aromatic N) is 4. The first kappa shape index (κ1) is 25.2. The lowest BCUT2D eigenvalue weighted by Crippen LogP contribution is -2.17. The van der Waals surface area contributed by atoms with Crippen LogP contribution in [-0.4, -0.2) is 4.98 Å². The van der Waals surface area contributed by atoms with Gasteiger partial charge in [-0.2, -0.15) is 0 Å². The maximum absolute atomic E-state index is 9.23. The number of rotatable bonds is 4. The van der Waals surface area contributed by atoms with E-state index < -0.39 is 0 Å². The molecular formula is C35H24N4S2. The quantitative estimate of drug-likeness (QED) is 0.158. The standard InChI is InChI=1S/C35H24N4S2/c1-21-9-12-25(13-10-21)39(26-14-11-22-7-5-6-8-23(22)15-26)27-17-29-32(38-20-27)34-31(35(29,2)3)33-30(41-34)18-28(40-33)16-24(19-36)37-4/h5-18,20H,1-3H3/b24-16-. The van der Waals surface area contributed by atoms with Gasteiger partial charge in [0.1, 0.15) is 0 Å². The zero-order valence-electron chi connectivity index (χ0n) is 22.8. The van der Waals surface area contributed by atoms with Crippen LogP contribution in [0.15, 0.2) is 90.8 Å². The van der Waals surface area contributed by atoms with Crippen LogP contribution in [-0.2, 0) is 5.41 Å². The zero-order valence-corrected chi connectivity index (χ0v) is 24.4. The summed E-state index contributed by atoms with van der Waals surface area (Å²) in [5, 5.41) is 11.6. The largest absolute Gasteiger partial charge is 0.309 e. The van der Waals surface area contributed by atoms with E-state index in [1.165, 1.54) is 41.7 Å². The molecular weight excluding hydrogens is 541 g/mol. The van der Waals surface area contributed by atoms with E-state index in [0.29, 0.717) is 0 Å². The van der Waals surface area contributed by atoms with Gasteiger partial charge in [-0.25, -0.2) is 10.1 Å². The number of hydrogen-bond acceptors (Lipinski definition) is 5. The molecule has 1 aliphatic rings. The second-order valence-electron chi connectivity index (χ2n) is 10.8. The van der Waals surface area contributed by atoms with Crippen LogP contribution in [0.25, 0.3) is 41.7 Å². The Kier molecular flexibility index (Phi) is 5.80. The first-order chi connectivity index (χ1) is 19.9. The average molecular weight is 565 g/mol. The maximum Gasteiger partial charge on any atom is 0.263 e. The summed E-state index contributed by atoms with van der Waals surface area (Å²) >= 11 is 3.40. The number of anilines is 3. The van der Waals surface area contributed by atoms with Crippen LogP contribution in [0.1, 0.15) is 35.4 Å². The monoisotopic (exact) mass is 564 g/mol. The van der Waals surface area contributed by atoms with Crippen molar-refractivity contribution >= 4 is 66.0 Å². The van der Waals surface area contributed by atoms with Crippen molar-refractivity contribution in [1.29, 1.82) is 5.26 Å². The van der Waals surface area contributed by atoms with Crippen LogP contribution < -0.4 is 4.90 Å². The molecule has 7 rings (SSSR count). The highest BCUT2D eigenvalue weighted by molar-refractivity contribution is 7.30. The van der Waals surface area contributed by atoms with E-state index in [0.717, 1.165) is 27.6 Å². The zero-order chi connectivity index (χ0) is 28.3. The molecule has 0 unspecified atom stereocenters. The lowest BCUT2D eigenvalue weighted by Gasteiger charge is -2.28. The highest BCUT2D eigenvalue weighted by Crippen LogP contribution is 2.57. The Morgan fingerprint density at radius 3 is 2.46 bits per heavy atom. The van der Waals surface area contributed by atoms with E-state index in [-0.39, 0.29) is 11.1 Å². The summed E-state index contributed by atoms with van der Waals surface area (Å²) in [5.74, 6) is 0. The summed E-state index contributed by atoms with van der Waals surface area (Å²) in [6.07, 6.45) is 3.68. The fraction of sp³-hybridized carbons (Fsp3) is 0.114.